The van der Waals surface area contributed by atoms with Crippen LogP contribution in [0.25, 0.3) is 11.5 Å². The van der Waals surface area contributed by atoms with Crippen LogP contribution in [0.3, 0.4) is 0 Å². The van der Waals surface area contributed by atoms with Crippen LogP contribution in [-0.2, 0) is 6.18 Å². The summed E-state index contributed by atoms with van der Waals surface area (Å²) < 4.78 is 44.4. The van der Waals surface area contributed by atoms with Gasteiger partial charge in [-0.15, -0.1) is 0 Å². The zero-order chi connectivity index (χ0) is 22.9. The Morgan fingerprint density at radius 1 is 1.25 bits per heavy atom. The molecule has 1 amide bonds. The molecule has 0 aliphatic carbocycles. The van der Waals surface area contributed by atoms with Crippen LogP contribution in [0.1, 0.15) is 55.1 Å². The number of halogens is 3. The zero-order valence-corrected chi connectivity index (χ0v) is 18.0. The molecular formula is C23H28F3N3O3. The van der Waals surface area contributed by atoms with Crippen LogP contribution in [0, 0.1) is 0 Å². The summed E-state index contributed by atoms with van der Waals surface area (Å²) in [6.07, 6.45) is 1.27. The normalized spacial score (nSPS) is 22.3. The lowest BCUT2D eigenvalue weighted by Gasteiger charge is -2.32. The van der Waals surface area contributed by atoms with Crippen molar-refractivity contribution in [2.75, 3.05) is 19.7 Å². The van der Waals surface area contributed by atoms with E-state index in [1.165, 1.54) is 18.4 Å². The molecule has 3 atom stereocenters. The van der Waals surface area contributed by atoms with Gasteiger partial charge < -0.3 is 14.4 Å². The van der Waals surface area contributed by atoms with Gasteiger partial charge in [0.1, 0.15) is 6.26 Å². The van der Waals surface area contributed by atoms with Gasteiger partial charge in [0.2, 0.25) is 5.89 Å². The number of amides is 1. The van der Waals surface area contributed by atoms with Crippen LogP contribution in [0.15, 0.2) is 34.9 Å². The van der Waals surface area contributed by atoms with Crippen molar-refractivity contribution in [1.82, 2.24) is 14.8 Å². The van der Waals surface area contributed by atoms with Crippen LogP contribution in [0.2, 0.25) is 0 Å². The van der Waals surface area contributed by atoms with E-state index in [2.05, 4.69) is 16.8 Å². The fraction of sp³-hybridized carbons (Fsp3) is 0.565. The number of carbonyl (C=O) groups excluding carboxylic acids is 1. The number of alkyl halides is 3. The molecule has 0 saturated carbocycles. The molecule has 2 saturated heterocycles. The SMILES string of the molecule is CCC[C@@H](CCO)N1CCC2C1CCN2C(=O)c1coc(-c2cccc(C(F)(F)F)c2)n1. The molecule has 0 bridgehead atoms. The number of hydrogen-bond acceptors (Lipinski definition) is 5. The third-order valence-corrected chi connectivity index (χ3v) is 6.59. The van der Waals surface area contributed by atoms with Gasteiger partial charge in [0.05, 0.1) is 5.56 Å². The number of oxazole rings is 1. The Balaban J connectivity index is 1.48. The predicted octanol–water partition coefficient (Wildman–Crippen LogP) is 4.20. The molecule has 2 unspecified atom stereocenters. The second-order valence-electron chi connectivity index (χ2n) is 8.52. The molecule has 2 aliphatic heterocycles. The van der Waals surface area contributed by atoms with E-state index in [4.69, 9.17) is 4.42 Å². The summed E-state index contributed by atoms with van der Waals surface area (Å²) in [6, 6.07) is 5.38. The maximum atomic E-state index is 13.2. The highest BCUT2D eigenvalue weighted by Crippen LogP contribution is 2.36. The van der Waals surface area contributed by atoms with E-state index in [1.807, 2.05) is 4.90 Å². The van der Waals surface area contributed by atoms with Crippen molar-refractivity contribution in [3.05, 3.63) is 41.8 Å². The zero-order valence-electron chi connectivity index (χ0n) is 18.0. The maximum absolute atomic E-state index is 13.2. The molecular weight excluding hydrogens is 423 g/mol. The van der Waals surface area contributed by atoms with Gasteiger partial charge in [-0.25, -0.2) is 4.98 Å². The minimum Gasteiger partial charge on any atom is -0.444 e. The maximum Gasteiger partial charge on any atom is 0.416 e. The van der Waals surface area contributed by atoms with Crippen molar-refractivity contribution < 1.29 is 27.5 Å². The van der Waals surface area contributed by atoms with Crippen LogP contribution >= 0.6 is 0 Å². The van der Waals surface area contributed by atoms with Gasteiger partial charge >= 0.3 is 6.18 Å². The van der Waals surface area contributed by atoms with Gasteiger partial charge in [-0.2, -0.15) is 13.2 Å². The molecule has 4 rings (SSSR count). The molecule has 0 spiro atoms. The van der Waals surface area contributed by atoms with Gasteiger partial charge in [0.15, 0.2) is 5.69 Å². The van der Waals surface area contributed by atoms with Gasteiger partial charge in [0.25, 0.3) is 5.91 Å². The van der Waals surface area contributed by atoms with E-state index >= 15 is 0 Å². The first-order valence-corrected chi connectivity index (χ1v) is 11.1. The van der Waals surface area contributed by atoms with Crippen molar-refractivity contribution in [2.24, 2.45) is 0 Å². The van der Waals surface area contributed by atoms with Gasteiger partial charge in [-0.1, -0.05) is 19.4 Å². The fourth-order valence-corrected chi connectivity index (χ4v) is 5.16. The molecule has 32 heavy (non-hydrogen) atoms. The summed E-state index contributed by atoms with van der Waals surface area (Å²) in [5, 5.41) is 9.44. The highest BCUT2D eigenvalue weighted by Gasteiger charge is 2.46. The van der Waals surface area contributed by atoms with Gasteiger partial charge in [-0.3, -0.25) is 9.69 Å². The number of nitrogens with zero attached hydrogens (tertiary/aromatic N) is 3. The highest BCUT2D eigenvalue weighted by atomic mass is 19.4. The van der Waals surface area contributed by atoms with Crippen molar-refractivity contribution in [1.29, 1.82) is 0 Å². The number of aliphatic hydroxyl groups excluding tert-OH is 1. The summed E-state index contributed by atoms with van der Waals surface area (Å²) in [5.41, 5.74) is -0.507. The topological polar surface area (TPSA) is 69.8 Å². The first-order chi connectivity index (χ1) is 15.3. The molecule has 1 aromatic heterocycles. The van der Waals surface area contributed by atoms with Crippen molar-refractivity contribution in [3.63, 3.8) is 0 Å². The largest absolute Gasteiger partial charge is 0.444 e. The first-order valence-electron chi connectivity index (χ1n) is 11.1. The van der Waals surface area contributed by atoms with Crippen LogP contribution in [0.5, 0.6) is 0 Å². The summed E-state index contributed by atoms with van der Waals surface area (Å²) in [7, 11) is 0. The summed E-state index contributed by atoms with van der Waals surface area (Å²) in [5.74, 6) is -0.260. The lowest BCUT2D eigenvalue weighted by molar-refractivity contribution is -0.137. The lowest BCUT2D eigenvalue weighted by Crippen LogP contribution is -2.43. The third kappa shape index (κ3) is 4.41. The third-order valence-electron chi connectivity index (χ3n) is 6.59. The summed E-state index contributed by atoms with van der Waals surface area (Å²) >= 11 is 0. The van der Waals surface area contributed by atoms with E-state index in [9.17, 15) is 23.1 Å². The number of rotatable bonds is 7. The van der Waals surface area contributed by atoms with Crippen molar-refractivity contribution in [3.8, 4) is 11.5 Å². The van der Waals surface area contributed by atoms with E-state index in [-0.39, 0.29) is 41.7 Å². The monoisotopic (exact) mass is 451 g/mol. The second kappa shape index (κ2) is 9.23. The Morgan fingerprint density at radius 2 is 2.03 bits per heavy atom. The molecule has 9 heteroatoms. The quantitative estimate of drug-likeness (QED) is 0.683. The number of hydrogen-bond donors (Lipinski definition) is 1. The molecule has 2 aromatic rings. The predicted molar refractivity (Wildman–Crippen MR) is 112 cm³/mol. The van der Waals surface area contributed by atoms with Crippen LogP contribution in [0.4, 0.5) is 13.2 Å². The Kier molecular flexibility index (Phi) is 6.57. The van der Waals surface area contributed by atoms with Gasteiger partial charge in [0, 0.05) is 43.4 Å². The molecule has 2 fully saturated rings. The van der Waals surface area contributed by atoms with E-state index in [1.54, 1.807) is 0 Å². The highest BCUT2D eigenvalue weighted by molar-refractivity contribution is 5.93. The molecule has 2 aliphatic rings. The average Bonchev–Trinajstić information content (AvgIpc) is 3.49. The first kappa shape index (κ1) is 22.8. The Morgan fingerprint density at radius 3 is 2.75 bits per heavy atom. The number of likely N-dealkylation sites (tertiary alicyclic amines) is 2. The van der Waals surface area contributed by atoms with Gasteiger partial charge in [-0.05, 0) is 43.9 Å². The molecule has 0 radical (unpaired) electrons. The average molecular weight is 451 g/mol. The lowest BCUT2D eigenvalue weighted by atomic mass is 10.0. The number of benzene rings is 1. The number of carbonyl (C=O) groups is 1. The van der Waals surface area contributed by atoms with E-state index < -0.39 is 11.7 Å². The smallest absolute Gasteiger partial charge is 0.416 e. The van der Waals surface area contributed by atoms with Crippen molar-refractivity contribution >= 4 is 5.91 Å². The molecule has 1 N–H and O–H groups in total. The Bertz CT molecular complexity index is 940. The van der Waals surface area contributed by atoms with Crippen LogP contribution in [-0.4, -0.2) is 63.6 Å². The van der Waals surface area contributed by atoms with Crippen LogP contribution < -0.4 is 0 Å². The molecule has 1 aromatic carbocycles. The number of aliphatic hydroxyl groups is 1. The standard InChI is InChI=1S/C23H28F3N3O3/c1-2-4-17(9-12-30)28-10-7-20-19(28)8-11-29(20)22(31)18-14-32-21(27-18)15-5-3-6-16(13-15)23(24,25)26/h3,5-6,13-14,17,19-20,30H,2,4,7-12H2,1H3/t17-,19?,20?/m0/s1. The minimum atomic E-state index is -4.47. The van der Waals surface area contributed by atoms with E-state index in [0.29, 0.717) is 12.6 Å². The van der Waals surface area contributed by atoms with Crippen molar-refractivity contribution in [2.45, 2.75) is 63.3 Å². The fourth-order valence-electron chi connectivity index (χ4n) is 5.16. The number of aromatic nitrogens is 1. The Hall–Kier alpha value is -2.39. The molecule has 3 heterocycles. The summed E-state index contributed by atoms with van der Waals surface area (Å²) in [6.45, 7) is 3.78. The Labute approximate surface area is 185 Å². The minimum absolute atomic E-state index is 0.00537. The second-order valence-corrected chi connectivity index (χ2v) is 8.52. The van der Waals surface area contributed by atoms with E-state index in [0.717, 1.165) is 50.8 Å². The summed E-state index contributed by atoms with van der Waals surface area (Å²) in [4.78, 5) is 21.6. The molecule has 174 valence electrons. The number of fused-ring (bicyclic) bond motifs is 1. The molecule has 6 nitrogen and oxygen atoms in total.